The Bertz CT molecular complexity index is 370. The molecule has 3 N–H and O–H groups in total. The molecular weight excluding hydrogens is 194 g/mol. The average molecular weight is 207 g/mol. The Labute approximate surface area is 87.7 Å². The van der Waals surface area contributed by atoms with Crippen LogP contribution < -0.4 is 5.73 Å². The quantitative estimate of drug-likeness (QED) is 0.782. The molecule has 0 fully saturated rings. The van der Waals surface area contributed by atoms with Gasteiger partial charge in [0.25, 0.3) is 0 Å². The van der Waals surface area contributed by atoms with Crippen LogP contribution in [0.25, 0.3) is 0 Å². The highest BCUT2D eigenvalue weighted by Gasteiger charge is 2.10. The first-order chi connectivity index (χ1) is 7.00. The minimum absolute atomic E-state index is 0.0653. The molecule has 0 heterocycles. The Morgan fingerprint density at radius 3 is 2.27 bits per heavy atom. The van der Waals surface area contributed by atoms with Gasteiger partial charge in [-0.25, -0.2) is 0 Å². The van der Waals surface area contributed by atoms with E-state index in [0.29, 0.717) is 5.56 Å². The molecule has 1 unspecified atom stereocenters. The monoisotopic (exact) mass is 207 g/mol. The maximum absolute atomic E-state index is 10.8. The van der Waals surface area contributed by atoms with E-state index in [1.807, 2.05) is 6.92 Å². The van der Waals surface area contributed by atoms with Crippen LogP contribution in [-0.2, 0) is 4.79 Å². The number of carbonyl (C=O) groups is 2. The van der Waals surface area contributed by atoms with Crippen LogP contribution in [-0.4, -0.2) is 17.0 Å². The van der Waals surface area contributed by atoms with Gasteiger partial charge in [-0.15, -0.1) is 0 Å². The first kappa shape index (κ1) is 11.2. The molecule has 0 aliphatic carbocycles. The molecular formula is C11H13NO3. The van der Waals surface area contributed by atoms with Gasteiger partial charge in [-0.3, -0.25) is 9.59 Å². The third-order valence-corrected chi connectivity index (χ3v) is 2.25. The fraction of sp³-hybridized carbons (Fsp3) is 0.273. The van der Waals surface area contributed by atoms with Crippen molar-refractivity contribution in [2.45, 2.75) is 19.3 Å². The van der Waals surface area contributed by atoms with Gasteiger partial charge < -0.3 is 10.8 Å². The van der Waals surface area contributed by atoms with E-state index in [1.54, 1.807) is 24.3 Å². The lowest BCUT2D eigenvalue weighted by Crippen LogP contribution is -2.11. The summed E-state index contributed by atoms with van der Waals surface area (Å²) in [6, 6.07) is 6.67. The Morgan fingerprint density at radius 2 is 1.87 bits per heavy atom. The molecule has 1 atom stereocenters. The van der Waals surface area contributed by atoms with Crippen LogP contribution in [0.15, 0.2) is 24.3 Å². The summed E-state index contributed by atoms with van der Waals surface area (Å²) < 4.78 is 0. The van der Waals surface area contributed by atoms with E-state index >= 15 is 0 Å². The number of nitrogens with two attached hydrogens (primary N) is 1. The molecule has 0 bridgehead atoms. The topological polar surface area (TPSA) is 80.4 Å². The molecule has 15 heavy (non-hydrogen) atoms. The van der Waals surface area contributed by atoms with Crippen molar-refractivity contribution in [1.29, 1.82) is 0 Å². The van der Waals surface area contributed by atoms with Crippen LogP contribution in [0, 0.1) is 0 Å². The highest BCUT2D eigenvalue weighted by molar-refractivity contribution is 5.92. The van der Waals surface area contributed by atoms with Crippen molar-refractivity contribution >= 4 is 11.9 Å². The van der Waals surface area contributed by atoms with Crippen molar-refractivity contribution in [3.8, 4) is 0 Å². The lowest BCUT2D eigenvalue weighted by Gasteiger charge is -2.08. The second-order valence-corrected chi connectivity index (χ2v) is 3.49. The van der Waals surface area contributed by atoms with Gasteiger partial charge in [-0.1, -0.05) is 19.1 Å². The molecule has 0 radical (unpaired) electrons. The summed E-state index contributed by atoms with van der Waals surface area (Å²) in [6.45, 7) is 1.83. The summed E-state index contributed by atoms with van der Waals surface area (Å²) in [7, 11) is 0. The number of primary amides is 1. The predicted octanol–water partition coefficient (Wildman–Crippen LogP) is 1.36. The van der Waals surface area contributed by atoms with E-state index in [4.69, 9.17) is 10.8 Å². The van der Waals surface area contributed by atoms with Crippen molar-refractivity contribution in [2.75, 3.05) is 0 Å². The van der Waals surface area contributed by atoms with Gasteiger partial charge in [0.15, 0.2) is 0 Å². The maximum Gasteiger partial charge on any atom is 0.303 e. The minimum Gasteiger partial charge on any atom is -0.481 e. The zero-order valence-corrected chi connectivity index (χ0v) is 8.43. The number of rotatable bonds is 4. The van der Waals surface area contributed by atoms with E-state index in [9.17, 15) is 9.59 Å². The minimum atomic E-state index is -0.832. The van der Waals surface area contributed by atoms with E-state index in [1.165, 1.54) is 0 Å². The SMILES string of the molecule is CC(CC(=O)O)c1ccc(C(N)=O)cc1. The molecule has 1 aromatic carbocycles. The summed E-state index contributed by atoms with van der Waals surface area (Å²) >= 11 is 0. The molecule has 0 aromatic heterocycles. The largest absolute Gasteiger partial charge is 0.481 e. The smallest absolute Gasteiger partial charge is 0.303 e. The number of aliphatic carboxylic acids is 1. The number of carbonyl (C=O) groups excluding carboxylic acids is 1. The van der Waals surface area contributed by atoms with Crippen LogP contribution in [0.2, 0.25) is 0 Å². The molecule has 0 spiro atoms. The lowest BCUT2D eigenvalue weighted by molar-refractivity contribution is -0.137. The van der Waals surface area contributed by atoms with Crippen molar-refractivity contribution < 1.29 is 14.7 Å². The average Bonchev–Trinajstić information content (AvgIpc) is 2.17. The molecule has 1 amide bonds. The van der Waals surface area contributed by atoms with E-state index in [2.05, 4.69) is 0 Å². The molecule has 0 saturated carbocycles. The summed E-state index contributed by atoms with van der Waals surface area (Å²) in [5, 5.41) is 8.61. The summed E-state index contributed by atoms with van der Waals surface area (Å²) in [6.07, 6.45) is 0.0793. The first-order valence-corrected chi connectivity index (χ1v) is 4.62. The second kappa shape index (κ2) is 4.59. The molecule has 0 saturated heterocycles. The highest BCUT2D eigenvalue weighted by Crippen LogP contribution is 2.19. The normalized spacial score (nSPS) is 12.1. The van der Waals surface area contributed by atoms with Crippen molar-refractivity contribution in [3.63, 3.8) is 0 Å². The predicted molar refractivity (Wildman–Crippen MR) is 55.6 cm³/mol. The number of amides is 1. The van der Waals surface area contributed by atoms with Crippen LogP contribution in [0.3, 0.4) is 0 Å². The van der Waals surface area contributed by atoms with Gasteiger partial charge >= 0.3 is 5.97 Å². The summed E-state index contributed by atoms with van der Waals surface area (Å²) in [5.41, 5.74) is 6.41. The van der Waals surface area contributed by atoms with Gasteiger partial charge in [0, 0.05) is 5.56 Å². The molecule has 4 heteroatoms. The van der Waals surface area contributed by atoms with E-state index in [-0.39, 0.29) is 12.3 Å². The third kappa shape index (κ3) is 3.09. The molecule has 0 aliphatic rings. The van der Waals surface area contributed by atoms with Gasteiger partial charge in [0.2, 0.25) is 5.91 Å². The third-order valence-electron chi connectivity index (χ3n) is 2.25. The number of carboxylic acids is 1. The molecule has 1 aromatic rings. The molecule has 80 valence electrons. The Hall–Kier alpha value is -1.84. The highest BCUT2D eigenvalue weighted by atomic mass is 16.4. The first-order valence-electron chi connectivity index (χ1n) is 4.62. The summed E-state index contributed by atoms with van der Waals surface area (Å²) in [4.78, 5) is 21.3. The fourth-order valence-corrected chi connectivity index (χ4v) is 1.36. The van der Waals surface area contributed by atoms with Gasteiger partial charge in [-0.2, -0.15) is 0 Å². The number of carboxylic acid groups (broad SMARTS) is 1. The van der Waals surface area contributed by atoms with Gasteiger partial charge in [0.05, 0.1) is 6.42 Å². The van der Waals surface area contributed by atoms with Crippen LogP contribution in [0.4, 0.5) is 0 Å². The van der Waals surface area contributed by atoms with Crippen LogP contribution in [0.5, 0.6) is 0 Å². The van der Waals surface area contributed by atoms with E-state index in [0.717, 1.165) is 5.56 Å². The Kier molecular flexibility index (Phi) is 3.44. The van der Waals surface area contributed by atoms with Crippen molar-refractivity contribution in [3.05, 3.63) is 35.4 Å². The maximum atomic E-state index is 10.8. The number of hydrogen-bond acceptors (Lipinski definition) is 2. The van der Waals surface area contributed by atoms with E-state index < -0.39 is 11.9 Å². The lowest BCUT2D eigenvalue weighted by atomic mass is 9.97. The van der Waals surface area contributed by atoms with Crippen LogP contribution in [0.1, 0.15) is 35.2 Å². The number of benzene rings is 1. The summed E-state index contributed by atoms with van der Waals surface area (Å²) in [5.74, 6) is -1.38. The van der Waals surface area contributed by atoms with Crippen LogP contribution >= 0.6 is 0 Å². The zero-order valence-electron chi connectivity index (χ0n) is 8.43. The van der Waals surface area contributed by atoms with Crippen molar-refractivity contribution in [2.24, 2.45) is 5.73 Å². The standard InChI is InChI=1S/C11H13NO3/c1-7(6-10(13)14)8-2-4-9(5-3-8)11(12)15/h2-5,7H,6H2,1H3,(H2,12,15)(H,13,14). The van der Waals surface area contributed by atoms with Crippen molar-refractivity contribution in [1.82, 2.24) is 0 Å². The Balaban J connectivity index is 2.79. The Morgan fingerprint density at radius 1 is 1.33 bits per heavy atom. The molecule has 1 rings (SSSR count). The molecule has 0 aliphatic heterocycles. The fourth-order valence-electron chi connectivity index (χ4n) is 1.36. The second-order valence-electron chi connectivity index (χ2n) is 3.49. The number of hydrogen-bond donors (Lipinski definition) is 2. The molecule has 4 nitrogen and oxygen atoms in total. The van der Waals surface area contributed by atoms with Gasteiger partial charge in [0.1, 0.15) is 0 Å². The zero-order chi connectivity index (χ0) is 11.4. The van der Waals surface area contributed by atoms with Gasteiger partial charge in [-0.05, 0) is 23.6 Å².